The number of nitrogens with zero attached hydrogens (tertiary/aromatic N) is 1. The molecule has 7 nitrogen and oxygen atoms in total. The van der Waals surface area contributed by atoms with Crippen LogP contribution in [0.1, 0.15) is 44.9 Å². The van der Waals surface area contributed by atoms with Gasteiger partial charge in [0.15, 0.2) is 0 Å². The molecule has 2 fully saturated rings. The number of ether oxygens (including phenoxy) is 1. The van der Waals surface area contributed by atoms with Gasteiger partial charge in [0.05, 0.1) is 6.10 Å². The molecule has 0 radical (unpaired) electrons. The number of hydrogen-bond acceptors (Lipinski definition) is 4. The summed E-state index contributed by atoms with van der Waals surface area (Å²) in [5.74, 6) is -1.13. The number of nitrogens with one attached hydrogen (secondary N) is 1. The summed E-state index contributed by atoms with van der Waals surface area (Å²) < 4.78 is 33.8. The molecule has 0 aromatic heterocycles. The van der Waals surface area contributed by atoms with Gasteiger partial charge in [0, 0.05) is 33.0 Å². The van der Waals surface area contributed by atoms with Crippen molar-refractivity contribution in [2.75, 3.05) is 20.2 Å². The van der Waals surface area contributed by atoms with E-state index in [0.29, 0.717) is 13.1 Å². The van der Waals surface area contributed by atoms with Gasteiger partial charge in [0.1, 0.15) is 5.54 Å². The predicted octanol–water partition coefficient (Wildman–Crippen LogP) is 0.719. The van der Waals surface area contributed by atoms with E-state index in [0.717, 1.165) is 32.1 Å². The number of carbonyl (C=O) groups is 1. The van der Waals surface area contributed by atoms with Crippen molar-refractivity contribution in [2.24, 2.45) is 0 Å². The van der Waals surface area contributed by atoms with Crippen LogP contribution in [0.3, 0.4) is 0 Å². The van der Waals surface area contributed by atoms with Crippen molar-refractivity contribution in [1.82, 2.24) is 9.03 Å². The topological polar surface area (TPSA) is 95.9 Å². The van der Waals surface area contributed by atoms with Crippen molar-refractivity contribution in [3.63, 3.8) is 0 Å². The molecule has 1 aliphatic carbocycles. The van der Waals surface area contributed by atoms with E-state index in [2.05, 4.69) is 4.72 Å². The van der Waals surface area contributed by atoms with E-state index < -0.39 is 21.7 Å². The minimum Gasteiger partial charge on any atom is -0.480 e. The van der Waals surface area contributed by atoms with E-state index in [1.165, 1.54) is 11.4 Å². The molecular formula is C13H24N2O5S. The molecule has 0 aromatic rings. The average molecular weight is 320 g/mol. The molecule has 0 amide bonds. The van der Waals surface area contributed by atoms with Crippen molar-refractivity contribution in [2.45, 2.75) is 56.6 Å². The van der Waals surface area contributed by atoms with Gasteiger partial charge in [-0.1, -0.05) is 19.3 Å². The number of rotatable bonds is 5. The van der Waals surface area contributed by atoms with Crippen LogP contribution in [0.25, 0.3) is 0 Å². The van der Waals surface area contributed by atoms with Gasteiger partial charge in [0.25, 0.3) is 10.2 Å². The maximum atomic E-state index is 12.5. The zero-order chi connectivity index (χ0) is 15.5. The van der Waals surface area contributed by atoms with Crippen molar-refractivity contribution >= 4 is 16.2 Å². The molecule has 0 aromatic carbocycles. The van der Waals surface area contributed by atoms with Crippen LogP contribution in [-0.4, -0.2) is 55.6 Å². The van der Waals surface area contributed by atoms with Crippen LogP contribution in [0, 0.1) is 0 Å². The molecule has 21 heavy (non-hydrogen) atoms. The highest BCUT2D eigenvalue weighted by Crippen LogP contribution is 2.35. The lowest BCUT2D eigenvalue weighted by molar-refractivity contribution is -0.154. The van der Waals surface area contributed by atoms with Gasteiger partial charge < -0.3 is 9.84 Å². The minimum absolute atomic E-state index is 0.173. The summed E-state index contributed by atoms with van der Waals surface area (Å²) in [6.45, 7) is 0.914. The highest BCUT2D eigenvalue weighted by molar-refractivity contribution is 7.87. The Labute approximate surface area is 125 Å². The van der Waals surface area contributed by atoms with Crippen LogP contribution in [0.2, 0.25) is 0 Å². The summed E-state index contributed by atoms with van der Waals surface area (Å²) in [5.41, 5.74) is -1.41. The van der Waals surface area contributed by atoms with E-state index in [1.807, 2.05) is 0 Å². The van der Waals surface area contributed by atoms with E-state index in [9.17, 15) is 18.3 Å². The molecule has 0 atom stereocenters. The molecule has 8 heteroatoms. The normalized spacial score (nSPS) is 32.0. The first-order valence-corrected chi connectivity index (χ1v) is 8.89. The van der Waals surface area contributed by atoms with Crippen molar-refractivity contribution < 1.29 is 23.1 Å². The zero-order valence-electron chi connectivity index (χ0n) is 12.4. The van der Waals surface area contributed by atoms with Crippen molar-refractivity contribution in [3.8, 4) is 0 Å². The quantitative estimate of drug-likeness (QED) is 0.778. The van der Waals surface area contributed by atoms with Gasteiger partial charge >= 0.3 is 5.97 Å². The van der Waals surface area contributed by atoms with Gasteiger partial charge in [-0.2, -0.15) is 17.4 Å². The fourth-order valence-corrected chi connectivity index (χ4v) is 4.57. The lowest BCUT2D eigenvalue weighted by Gasteiger charge is -2.44. The molecule has 0 unspecified atom stereocenters. The Bertz CT molecular complexity index is 465. The lowest BCUT2D eigenvalue weighted by Crippen LogP contribution is -2.66. The molecule has 2 aliphatic rings. The highest BCUT2D eigenvalue weighted by atomic mass is 32.2. The van der Waals surface area contributed by atoms with Gasteiger partial charge in [-0.3, -0.25) is 4.79 Å². The van der Waals surface area contributed by atoms with Crippen molar-refractivity contribution in [1.29, 1.82) is 0 Å². The monoisotopic (exact) mass is 320 g/mol. The van der Waals surface area contributed by atoms with Crippen LogP contribution in [0.5, 0.6) is 0 Å². The first-order valence-electron chi connectivity index (χ1n) is 7.45. The molecular weight excluding hydrogens is 296 g/mol. The third-order valence-corrected chi connectivity index (χ3v) is 6.07. The number of methoxy groups -OCH3 is 1. The SMILES string of the molecule is COC1CC(NS(=O)(=O)N2CCCCCCC2)(C(=O)O)C1. The number of carboxylic acid groups (broad SMARTS) is 1. The fourth-order valence-electron chi connectivity index (χ4n) is 2.96. The Morgan fingerprint density at radius 3 is 2.19 bits per heavy atom. The third-order valence-electron chi connectivity index (χ3n) is 4.37. The molecule has 1 saturated heterocycles. The lowest BCUT2D eigenvalue weighted by atomic mass is 9.75. The third kappa shape index (κ3) is 3.74. The van der Waals surface area contributed by atoms with Crippen LogP contribution in [0.15, 0.2) is 0 Å². The van der Waals surface area contributed by atoms with E-state index in [-0.39, 0.29) is 18.9 Å². The zero-order valence-corrected chi connectivity index (χ0v) is 13.2. The summed E-state index contributed by atoms with van der Waals surface area (Å²) in [4.78, 5) is 11.4. The van der Waals surface area contributed by atoms with E-state index in [4.69, 9.17) is 4.74 Å². The largest absolute Gasteiger partial charge is 0.480 e. The second-order valence-corrected chi connectivity index (χ2v) is 7.60. The maximum Gasteiger partial charge on any atom is 0.325 e. The summed E-state index contributed by atoms with van der Waals surface area (Å²) in [7, 11) is -2.27. The van der Waals surface area contributed by atoms with Gasteiger partial charge in [-0.25, -0.2) is 0 Å². The second-order valence-electron chi connectivity index (χ2n) is 5.93. The average Bonchev–Trinajstić information content (AvgIpc) is 2.31. The highest BCUT2D eigenvalue weighted by Gasteiger charge is 2.54. The molecule has 1 aliphatic heterocycles. The fraction of sp³-hybridized carbons (Fsp3) is 0.923. The Kier molecular flexibility index (Phi) is 5.24. The van der Waals surface area contributed by atoms with E-state index >= 15 is 0 Å². The van der Waals surface area contributed by atoms with E-state index in [1.54, 1.807) is 0 Å². The van der Waals surface area contributed by atoms with Gasteiger partial charge in [-0.15, -0.1) is 0 Å². The molecule has 0 bridgehead atoms. The van der Waals surface area contributed by atoms with Crippen LogP contribution in [0.4, 0.5) is 0 Å². The van der Waals surface area contributed by atoms with Crippen LogP contribution in [-0.2, 0) is 19.7 Å². The first kappa shape index (κ1) is 16.7. The summed E-state index contributed by atoms with van der Waals surface area (Å²) in [6.07, 6.45) is 4.96. The predicted molar refractivity (Wildman–Crippen MR) is 77.1 cm³/mol. The summed E-state index contributed by atoms with van der Waals surface area (Å²) in [6, 6.07) is 0. The Morgan fingerprint density at radius 2 is 1.71 bits per heavy atom. The molecule has 2 N–H and O–H groups in total. The number of hydrogen-bond donors (Lipinski definition) is 2. The summed E-state index contributed by atoms with van der Waals surface area (Å²) >= 11 is 0. The minimum atomic E-state index is -3.77. The van der Waals surface area contributed by atoms with Gasteiger partial charge in [0.2, 0.25) is 0 Å². The molecule has 1 heterocycles. The second kappa shape index (κ2) is 6.60. The Morgan fingerprint density at radius 1 is 1.19 bits per heavy atom. The number of aliphatic carboxylic acids is 1. The summed E-state index contributed by atoms with van der Waals surface area (Å²) in [5, 5.41) is 9.36. The Hall–Kier alpha value is -0.700. The first-order chi connectivity index (χ1) is 9.89. The smallest absolute Gasteiger partial charge is 0.325 e. The van der Waals surface area contributed by atoms with Crippen LogP contribution >= 0.6 is 0 Å². The molecule has 0 spiro atoms. The number of carboxylic acids is 1. The maximum absolute atomic E-state index is 12.5. The molecule has 122 valence electrons. The molecule has 2 rings (SSSR count). The molecule has 1 saturated carbocycles. The van der Waals surface area contributed by atoms with Gasteiger partial charge in [-0.05, 0) is 12.8 Å². The van der Waals surface area contributed by atoms with Crippen molar-refractivity contribution in [3.05, 3.63) is 0 Å². The standard InChI is InChI=1S/C13H24N2O5S/c1-20-11-9-13(10-11,12(16)17)14-21(18,19)15-7-5-3-2-4-6-8-15/h11,14H,2-10H2,1H3,(H,16,17). The van der Waals surface area contributed by atoms with Crippen LogP contribution < -0.4 is 4.72 Å². The Balaban J connectivity index is 2.06.